The van der Waals surface area contributed by atoms with Crippen LogP contribution in [0.4, 0.5) is 0 Å². The SMILES string of the molecule is CCNC(=NCc1ccc(Cl)cc1)NCC(C1CC1)N(C)C.I. The van der Waals surface area contributed by atoms with Gasteiger partial charge in [-0.15, -0.1) is 24.0 Å². The van der Waals surface area contributed by atoms with Crippen molar-refractivity contribution in [3.05, 3.63) is 34.9 Å². The third-order valence-electron chi connectivity index (χ3n) is 3.99. The Morgan fingerprint density at radius 2 is 1.91 bits per heavy atom. The Balaban J connectivity index is 0.00000264. The third kappa shape index (κ3) is 7.27. The average molecular weight is 451 g/mol. The first-order chi connectivity index (χ1) is 10.6. The Kier molecular flexibility index (Phi) is 9.24. The standard InChI is InChI=1S/C17H27ClN4.HI/c1-4-19-17(20-11-13-5-9-15(18)10-6-13)21-12-16(22(2)3)14-7-8-14;/h5-6,9-10,14,16H,4,7-8,11-12H2,1-3H3,(H2,19,20,21);1H. The zero-order chi connectivity index (χ0) is 15.9. The highest BCUT2D eigenvalue weighted by Crippen LogP contribution is 2.34. The van der Waals surface area contributed by atoms with E-state index in [4.69, 9.17) is 11.6 Å². The van der Waals surface area contributed by atoms with Crippen LogP contribution in [0.25, 0.3) is 0 Å². The lowest BCUT2D eigenvalue weighted by atomic mass is 10.1. The molecule has 0 bridgehead atoms. The highest BCUT2D eigenvalue weighted by molar-refractivity contribution is 14.0. The first-order valence-corrected chi connectivity index (χ1v) is 8.41. The lowest BCUT2D eigenvalue weighted by molar-refractivity contribution is 0.264. The van der Waals surface area contributed by atoms with Crippen LogP contribution in [-0.4, -0.2) is 44.1 Å². The minimum Gasteiger partial charge on any atom is -0.357 e. The molecule has 0 aliphatic heterocycles. The fraction of sp³-hybridized carbons (Fsp3) is 0.588. The molecule has 23 heavy (non-hydrogen) atoms. The Hall–Kier alpha value is -0.530. The molecule has 1 atom stereocenters. The van der Waals surface area contributed by atoms with E-state index >= 15 is 0 Å². The molecule has 2 rings (SSSR count). The molecule has 1 unspecified atom stereocenters. The van der Waals surface area contributed by atoms with Crippen molar-refractivity contribution in [2.24, 2.45) is 10.9 Å². The second-order valence-electron chi connectivity index (χ2n) is 6.07. The number of hydrogen-bond donors (Lipinski definition) is 2. The number of hydrogen-bond acceptors (Lipinski definition) is 2. The number of guanidine groups is 1. The van der Waals surface area contributed by atoms with Crippen LogP contribution in [0.3, 0.4) is 0 Å². The van der Waals surface area contributed by atoms with E-state index in [1.165, 1.54) is 12.8 Å². The Morgan fingerprint density at radius 3 is 2.43 bits per heavy atom. The maximum Gasteiger partial charge on any atom is 0.191 e. The van der Waals surface area contributed by atoms with Crippen molar-refractivity contribution < 1.29 is 0 Å². The summed E-state index contributed by atoms with van der Waals surface area (Å²) in [6, 6.07) is 8.42. The number of halogens is 2. The van der Waals surface area contributed by atoms with Crippen molar-refractivity contribution in [2.45, 2.75) is 32.4 Å². The number of nitrogens with one attached hydrogen (secondary N) is 2. The monoisotopic (exact) mass is 450 g/mol. The summed E-state index contributed by atoms with van der Waals surface area (Å²) in [5, 5.41) is 7.55. The van der Waals surface area contributed by atoms with Crippen molar-refractivity contribution in [2.75, 3.05) is 27.2 Å². The normalized spacial score (nSPS) is 16.0. The van der Waals surface area contributed by atoms with E-state index in [-0.39, 0.29) is 24.0 Å². The molecule has 1 aromatic rings. The Morgan fingerprint density at radius 1 is 1.26 bits per heavy atom. The molecular weight excluding hydrogens is 423 g/mol. The van der Waals surface area contributed by atoms with Crippen LogP contribution >= 0.6 is 35.6 Å². The molecule has 4 nitrogen and oxygen atoms in total. The molecule has 130 valence electrons. The maximum atomic E-state index is 5.91. The van der Waals surface area contributed by atoms with E-state index in [0.717, 1.165) is 35.6 Å². The maximum absolute atomic E-state index is 5.91. The van der Waals surface area contributed by atoms with E-state index in [9.17, 15) is 0 Å². The predicted octanol–water partition coefficient (Wildman–Crippen LogP) is 3.35. The van der Waals surface area contributed by atoms with Crippen LogP contribution in [0.1, 0.15) is 25.3 Å². The van der Waals surface area contributed by atoms with Crippen LogP contribution in [0.5, 0.6) is 0 Å². The van der Waals surface area contributed by atoms with Gasteiger partial charge in [0.2, 0.25) is 0 Å². The lowest BCUT2D eigenvalue weighted by Crippen LogP contribution is -2.46. The van der Waals surface area contributed by atoms with Gasteiger partial charge in [0.25, 0.3) is 0 Å². The quantitative estimate of drug-likeness (QED) is 0.380. The van der Waals surface area contributed by atoms with Gasteiger partial charge in [-0.1, -0.05) is 23.7 Å². The molecule has 1 fully saturated rings. The molecule has 1 saturated carbocycles. The number of aliphatic imine (C=N–C) groups is 1. The predicted molar refractivity (Wildman–Crippen MR) is 110 cm³/mol. The molecule has 1 aromatic carbocycles. The topological polar surface area (TPSA) is 39.7 Å². The molecule has 0 saturated heterocycles. The molecule has 1 aliphatic carbocycles. The summed E-state index contributed by atoms with van der Waals surface area (Å²) >= 11 is 5.91. The molecule has 6 heteroatoms. The van der Waals surface area contributed by atoms with Crippen molar-refractivity contribution >= 4 is 41.5 Å². The van der Waals surface area contributed by atoms with Gasteiger partial charge < -0.3 is 15.5 Å². The van der Waals surface area contributed by atoms with Gasteiger partial charge in [0.05, 0.1) is 6.54 Å². The van der Waals surface area contributed by atoms with Crippen molar-refractivity contribution in [3.63, 3.8) is 0 Å². The van der Waals surface area contributed by atoms with Crippen molar-refractivity contribution in [1.82, 2.24) is 15.5 Å². The zero-order valence-electron chi connectivity index (χ0n) is 14.2. The van der Waals surface area contributed by atoms with Gasteiger partial charge in [-0.2, -0.15) is 0 Å². The first kappa shape index (κ1) is 20.5. The zero-order valence-corrected chi connectivity index (χ0v) is 17.3. The van der Waals surface area contributed by atoms with Gasteiger partial charge in [-0.05, 0) is 57.5 Å². The van der Waals surface area contributed by atoms with Gasteiger partial charge in [0.15, 0.2) is 5.96 Å². The second-order valence-corrected chi connectivity index (χ2v) is 6.51. The highest BCUT2D eigenvalue weighted by atomic mass is 127. The molecule has 1 aliphatic rings. The summed E-state index contributed by atoms with van der Waals surface area (Å²) in [6.07, 6.45) is 2.70. The highest BCUT2D eigenvalue weighted by Gasteiger charge is 2.32. The van der Waals surface area contributed by atoms with Crippen molar-refractivity contribution in [1.29, 1.82) is 0 Å². The van der Waals surface area contributed by atoms with Gasteiger partial charge in [0, 0.05) is 24.2 Å². The molecule has 0 heterocycles. The number of likely N-dealkylation sites (N-methyl/N-ethyl adjacent to an activating group) is 1. The Labute approximate surface area is 162 Å². The first-order valence-electron chi connectivity index (χ1n) is 8.03. The minimum absolute atomic E-state index is 0. The summed E-state index contributed by atoms with van der Waals surface area (Å²) in [5.41, 5.74) is 1.16. The fourth-order valence-electron chi connectivity index (χ4n) is 2.56. The van der Waals surface area contributed by atoms with Gasteiger partial charge >= 0.3 is 0 Å². The molecule has 0 aromatic heterocycles. The number of benzene rings is 1. The summed E-state index contributed by atoms with van der Waals surface area (Å²) in [7, 11) is 4.31. The van der Waals surface area contributed by atoms with E-state index in [0.29, 0.717) is 12.6 Å². The largest absolute Gasteiger partial charge is 0.357 e. The van der Waals surface area contributed by atoms with E-state index in [2.05, 4.69) is 41.5 Å². The summed E-state index contributed by atoms with van der Waals surface area (Å²) in [6.45, 7) is 4.54. The van der Waals surface area contributed by atoms with Crippen LogP contribution in [-0.2, 0) is 6.54 Å². The molecule has 2 N–H and O–H groups in total. The summed E-state index contributed by atoms with van der Waals surface area (Å²) < 4.78 is 0. The van der Waals surface area contributed by atoms with E-state index < -0.39 is 0 Å². The van der Waals surface area contributed by atoms with Crippen molar-refractivity contribution in [3.8, 4) is 0 Å². The lowest BCUT2D eigenvalue weighted by Gasteiger charge is -2.25. The second kappa shape index (κ2) is 10.4. The fourth-order valence-corrected chi connectivity index (χ4v) is 2.68. The third-order valence-corrected chi connectivity index (χ3v) is 4.24. The van der Waals surface area contributed by atoms with Gasteiger partial charge in [0.1, 0.15) is 0 Å². The number of nitrogens with zero attached hydrogens (tertiary/aromatic N) is 2. The van der Waals surface area contributed by atoms with Crippen LogP contribution in [0.15, 0.2) is 29.3 Å². The van der Waals surface area contributed by atoms with E-state index in [1.54, 1.807) is 0 Å². The van der Waals surface area contributed by atoms with Crippen LogP contribution in [0, 0.1) is 5.92 Å². The van der Waals surface area contributed by atoms with E-state index in [1.807, 2.05) is 24.3 Å². The Bertz CT molecular complexity index is 484. The minimum atomic E-state index is 0. The molecule has 0 spiro atoms. The number of rotatable bonds is 7. The summed E-state index contributed by atoms with van der Waals surface area (Å²) in [4.78, 5) is 6.97. The van der Waals surface area contributed by atoms with Gasteiger partial charge in [-0.25, -0.2) is 4.99 Å². The average Bonchev–Trinajstić information content (AvgIpc) is 3.31. The molecule has 0 amide bonds. The molecule has 0 radical (unpaired) electrons. The smallest absolute Gasteiger partial charge is 0.191 e. The molecular formula is C17H28ClIN4. The summed E-state index contributed by atoms with van der Waals surface area (Å²) in [5.74, 6) is 1.71. The van der Waals surface area contributed by atoms with Crippen LogP contribution < -0.4 is 10.6 Å². The van der Waals surface area contributed by atoms with Gasteiger partial charge in [-0.3, -0.25) is 0 Å². The van der Waals surface area contributed by atoms with Crippen LogP contribution in [0.2, 0.25) is 5.02 Å².